The first-order valence-electron chi connectivity index (χ1n) is 13.7. The maximum Gasteiger partial charge on any atom is 0.419 e. The van der Waals surface area contributed by atoms with Crippen LogP contribution in [0.25, 0.3) is 16.6 Å². The molecule has 0 spiro atoms. The van der Waals surface area contributed by atoms with Crippen LogP contribution in [0.4, 0.5) is 17.6 Å². The Labute approximate surface area is 249 Å². The molecule has 8 nitrogen and oxygen atoms in total. The fraction of sp³-hybridized carbons (Fsp3) is 0.219. The lowest BCUT2D eigenvalue weighted by Gasteiger charge is -2.31. The van der Waals surface area contributed by atoms with E-state index in [1.165, 1.54) is 21.9 Å². The Balaban J connectivity index is 1.62. The number of aromatic nitrogens is 4. The van der Waals surface area contributed by atoms with Gasteiger partial charge in [-0.15, -0.1) is 0 Å². The van der Waals surface area contributed by atoms with Crippen LogP contribution >= 0.6 is 0 Å². The van der Waals surface area contributed by atoms with Crippen LogP contribution < -0.4 is 10.3 Å². The molecular formula is C32H27F4N5O3. The van der Waals surface area contributed by atoms with Crippen LogP contribution in [-0.2, 0) is 23.9 Å². The van der Waals surface area contributed by atoms with Crippen molar-refractivity contribution >= 4 is 16.8 Å². The minimum atomic E-state index is -4.93. The number of carbonyl (C=O) groups is 1. The van der Waals surface area contributed by atoms with Crippen molar-refractivity contribution < 1.29 is 27.1 Å². The summed E-state index contributed by atoms with van der Waals surface area (Å²) in [6.07, 6.45) is 0.661. The van der Waals surface area contributed by atoms with Crippen molar-refractivity contribution in [3.63, 3.8) is 0 Å². The van der Waals surface area contributed by atoms with Gasteiger partial charge in [-0.25, -0.2) is 9.37 Å². The molecule has 0 unspecified atom stereocenters. The van der Waals surface area contributed by atoms with E-state index in [0.717, 1.165) is 6.07 Å². The largest absolute Gasteiger partial charge is 0.494 e. The van der Waals surface area contributed by atoms with Crippen molar-refractivity contribution in [1.82, 2.24) is 24.4 Å². The van der Waals surface area contributed by atoms with Crippen molar-refractivity contribution in [1.29, 1.82) is 0 Å². The smallest absolute Gasteiger partial charge is 0.419 e. The topological polar surface area (TPSA) is 90.2 Å². The summed E-state index contributed by atoms with van der Waals surface area (Å²) in [6, 6.07) is 13.4. The van der Waals surface area contributed by atoms with Gasteiger partial charge >= 0.3 is 6.18 Å². The minimum Gasteiger partial charge on any atom is -0.494 e. The highest BCUT2D eigenvalue weighted by Crippen LogP contribution is 2.32. The summed E-state index contributed by atoms with van der Waals surface area (Å²) in [5, 5.41) is 0.306. The van der Waals surface area contributed by atoms with Gasteiger partial charge in [-0.3, -0.25) is 24.1 Å². The second-order valence-electron chi connectivity index (χ2n) is 9.98. The number of pyridine rings is 2. The first-order valence-corrected chi connectivity index (χ1v) is 13.7. The number of hydrogen-bond donors (Lipinski definition) is 0. The first kappa shape index (κ1) is 30.3. The molecule has 0 aliphatic rings. The van der Waals surface area contributed by atoms with Gasteiger partial charge in [0.25, 0.3) is 5.56 Å². The number of carbonyl (C=O) groups excluding carboxylic acids is 1. The van der Waals surface area contributed by atoms with Gasteiger partial charge in [0.15, 0.2) is 0 Å². The van der Waals surface area contributed by atoms with E-state index in [9.17, 15) is 27.2 Å². The molecule has 0 saturated carbocycles. The Hall–Kier alpha value is -5.13. The Kier molecular flexibility index (Phi) is 8.70. The number of amides is 1. The number of benzene rings is 2. The first-order chi connectivity index (χ1) is 21.1. The van der Waals surface area contributed by atoms with Crippen LogP contribution in [-0.4, -0.2) is 36.9 Å². The van der Waals surface area contributed by atoms with Crippen molar-refractivity contribution in [3.8, 4) is 11.4 Å². The van der Waals surface area contributed by atoms with Gasteiger partial charge in [-0.05, 0) is 73.5 Å². The van der Waals surface area contributed by atoms with Crippen molar-refractivity contribution in [3.05, 3.63) is 124 Å². The van der Waals surface area contributed by atoms with E-state index >= 15 is 0 Å². The summed E-state index contributed by atoms with van der Waals surface area (Å²) in [4.78, 5) is 42.1. The van der Waals surface area contributed by atoms with Gasteiger partial charge in [-0.1, -0.05) is 12.1 Å². The number of hydrogen-bond acceptors (Lipinski definition) is 6. The second kappa shape index (κ2) is 12.6. The molecule has 44 heavy (non-hydrogen) atoms. The fourth-order valence-corrected chi connectivity index (χ4v) is 4.89. The van der Waals surface area contributed by atoms with Crippen LogP contribution in [0.5, 0.6) is 5.75 Å². The van der Waals surface area contributed by atoms with Crippen molar-refractivity contribution in [2.75, 3.05) is 6.61 Å². The molecule has 0 N–H and O–H groups in total. The summed E-state index contributed by atoms with van der Waals surface area (Å²) in [7, 11) is 0. The average molecular weight is 606 g/mol. The lowest BCUT2D eigenvalue weighted by molar-refractivity contribution is -0.140. The molecule has 1 amide bonds. The molecule has 5 aromatic rings. The summed E-state index contributed by atoms with van der Waals surface area (Å²) < 4.78 is 61.1. The van der Waals surface area contributed by atoms with E-state index in [4.69, 9.17) is 9.72 Å². The molecule has 0 aliphatic carbocycles. The molecule has 2 aromatic carbocycles. The van der Waals surface area contributed by atoms with Crippen LogP contribution in [0.2, 0.25) is 0 Å². The van der Waals surface area contributed by atoms with E-state index in [1.54, 1.807) is 61.8 Å². The molecule has 1 atom stereocenters. The Bertz CT molecular complexity index is 1840. The normalized spacial score (nSPS) is 12.2. The second-order valence-corrected chi connectivity index (χ2v) is 9.98. The zero-order valence-electron chi connectivity index (χ0n) is 23.8. The highest BCUT2D eigenvalue weighted by atomic mass is 19.4. The molecule has 226 valence electrons. The van der Waals surface area contributed by atoms with E-state index < -0.39 is 41.5 Å². The highest BCUT2D eigenvalue weighted by molar-refractivity contribution is 5.80. The molecule has 5 rings (SSSR count). The summed E-state index contributed by atoms with van der Waals surface area (Å²) in [5.41, 5.74) is -0.461. The predicted octanol–water partition coefficient (Wildman–Crippen LogP) is 6.06. The molecule has 0 fully saturated rings. The number of halogens is 4. The summed E-state index contributed by atoms with van der Waals surface area (Å²) in [5.74, 6) is -1.20. The molecule has 0 saturated heterocycles. The highest BCUT2D eigenvalue weighted by Gasteiger charge is 2.35. The van der Waals surface area contributed by atoms with E-state index in [-0.39, 0.29) is 17.9 Å². The third kappa shape index (κ3) is 6.43. The molecule has 3 heterocycles. The third-order valence-corrected chi connectivity index (χ3v) is 7.03. The zero-order chi connectivity index (χ0) is 31.4. The standard InChI is InChI=1S/C32H27F4N5O3/c1-3-44-24-9-7-23(8-10-24)41-30(39-28-18-38-14-12-25(28)31(41)43)20(2)40(19-22-5-4-13-37-17-22)29(42)16-21-6-11-27(33)26(15-21)32(34,35)36/h4-15,17-18,20H,3,16,19H2,1-2H3/t20-/m1/s1. The number of rotatable bonds is 9. The van der Waals surface area contributed by atoms with Crippen LogP contribution in [0.3, 0.4) is 0 Å². The number of nitrogens with zero attached hydrogens (tertiary/aromatic N) is 5. The quantitative estimate of drug-likeness (QED) is 0.190. The average Bonchev–Trinajstić information content (AvgIpc) is 3.01. The van der Waals surface area contributed by atoms with Crippen LogP contribution in [0.15, 0.2) is 90.2 Å². The maximum atomic E-state index is 14.0. The lowest BCUT2D eigenvalue weighted by atomic mass is 10.1. The van der Waals surface area contributed by atoms with Gasteiger partial charge in [0.2, 0.25) is 5.91 Å². The Morgan fingerprint density at radius 3 is 2.43 bits per heavy atom. The van der Waals surface area contributed by atoms with Crippen LogP contribution in [0, 0.1) is 5.82 Å². The summed E-state index contributed by atoms with van der Waals surface area (Å²) in [6.45, 7) is 3.99. The molecule has 12 heteroatoms. The van der Waals surface area contributed by atoms with E-state index in [1.807, 2.05) is 6.92 Å². The van der Waals surface area contributed by atoms with Crippen molar-refractivity contribution in [2.45, 2.75) is 39.0 Å². The van der Waals surface area contributed by atoms with Gasteiger partial charge in [0, 0.05) is 25.1 Å². The van der Waals surface area contributed by atoms with E-state index in [2.05, 4.69) is 9.97 Å². The number of alkyl halides is 3. The lowest BCUT2D eigenvalue weighted by Crippen LogP contribution is -2.38. The van der Waals surface area contributed by atoms with Gasteiger partial charge in [0.05, 0.1) is 47.4 Å². The predicted molar refractivity (Wildman–Crippen MR) is 155 cm³/mol. The summed E-state index contributed by atoms with van der Waals surface area (Å²) >= 11 is 0. The Morgan fingerprint density at radius 1 is 1.00 bits per heavy atom. The van der Waals surface area contributed by atoms with E-state index in [0.29, 0.717) is 46.6 Å². The SMILES string of the molecule is CCOc1ccc(-n2c([C@@H](C)N(Cc3cccnc3)C(=O)Cc3ccc(F)c(C(F)(F)F)c3)nc3cnccc3c2=O)cc1. The van der Waals surface area contributed by atoms with Crippen LogP contribution in [0.1, 0.15) is 42.4 Å². The maximum absolute atomic E-state index is 14.0. The number of ether oxygens (including phenoxy) is 1. The molecule has 0 bridgehead atoms. The molecule has 0 aliphatic heterocycles. The van der Waals surface area contributed by atoms with Crippen molar-refractivity contribution in [2.24, 2.45) is 0 Å². The molecule has 3 aromatic heterocycles. The Morgan fingerprint density at radius 2 is 1.75 bits per heavy atom. The third-order valence-electron chi connectivity index (χ3n) is 7.03. The van der Waals surface area contributed by atoms with Gasteiger partial charge in [-0.2, -0.15) is 13.2 Å². The van der Waals surface area contributed by atoms with Gasteiger partial charge in [0.1, 0.15) is 17.4 Å². The zero-order valence-corrected chi connectivity index (χ0v) is 23.8. The molecular weight excluding hydrogens is 578 g/mol. The monoisotopic (exact) mass is 605 g/mol. The minimum absolute atomic E-state index is 0.00535. The fourth-order valence-electron chi connectivity index (χ4n) is 4.89. The number of fused-ring (bicyclic) bond motifs is 1. The van der Waals surface area contributed by atoms with Gasteiger partial charge < -0.3 is 9.64 Å². The molecule has 0 radical (unpaired) electrons.